The quantitative estimate of drug-likeness (QED) is 0.371. The predicted octanol–water partition coefficient (Wildman–Crippen LogP) is 5.12. The SMILES string of the molecule is COc1cccc(CSc2nnc(CNC(=O)c3ccccc3C)n2-c2ccc(C)cc2)c1. The molecule has 0 aliphatic heterocycles. The minimum atomic E-state index is -0.128. The summed E-state index contributed by atoms with van der Waals surface area (Å²) < 4.78 is 7.33. The Balaban J connectivity index is 1.57. The van der Waals surface area contributed by atoms with Gasteiger partial charge in [-0.05, 0) is 55.3 Å². The molecule has 0 spiro atoms. The van der Waals surface area contributed by atoms with Gasteiger partial charge in [0.25, 0.3) is 5.91 Å². The molecule has 0 radical (unpaired) electrons. The highest BCUT2D eigenvalue weighted by atomic mass is 32.2. The first-order valence-corrected chi connectivity index (χ1v) is 11.6. The first-order valence-electron chi connectivity index (χ1n) is 10.7. The van der Waals surface area contributed by atoms with Crippen LogP contribution in [0.25, 0.3) is 5.69 Å². The zero-order valence-electron chi connectivity index (χ0n) is 18.9. The van der Waals surface area contributed by atoms with Crippen LogP contribution in [0.5, 0.6) is 5.75 Å². The van der Waals surface area contributed by atoms with Crippen molar-refractivity contribution in [2.45, 2.75) is 31.3 Å². The molecule has 0 atom stereocenters. The molecule has 0 saturated heterocycles. The van der Waals surface area contributed by atoms with Gasteiger partial charge in [-0.2, -0.15) is 0 Å². The van der Waals surface area contributed by atoms with Gasteiger partial charge in [-0.15, -0.1) is 10.2 Å². The van der Waals surface area contributed by atoms with Gasteiger partial charge in [0.05, 0.1) is 13.7 Å². The van der Waals surface area contributed by atoms with E-state index in [2.05, 4.69) is 40.6 Å². The lowest BCUT2D eigenvalue weighted by molar-refractivity contribution is 0.0949. The Kier molecular flexibility index (Phi) is 7.10. The summed E-state index contributed by atoms with van der Waals surface area (Å²) in [6, 6.07) is 23.7. The molecule has 4 rings (SSSR count). The second-order valence-corrected chi connectivity index (χ2v) is 8.65. The van der Waals surface area contributed by atoms with Crippen LogP contribution in [0.2, 0.25) is 0 Å². The van der Waals surface area contributed by atoms with E-state index in [1.54, 1.807) is 18.9 Å². The number of methoxy groups -OCH3 is 1. The predicted molar refractivity (Wildman–Crippen MR) is 131 cm³/mol. The minimum absolute atomic E-state index is 0.128. The van der Waals surface area contributed by atoms with E-state index in [0.717, 1.165) is 33.5 Å². The number of aromatic nitrogens is 3. The number of nitrogens with zero attached hydrogens (tertiary/aromatic N) is 3. The summed E-state index contributed by atoms with van der Waals surface area (Å²) in [6.45, 7) is 4.25. The molecule has 0 bridgehead atoms. The first kappa shape index (κ1) is 22.6. The van der Waals surface area contributed by atoms with E-state index in [4.69, 9.17) is 4.74 Å². The Labute approximate surface area is 198 Å². The number of carbonyl (C=O) groups excluding carboxylic acids is 1. The molecule has 33 heavy (non-hydrogen) atoms. The number of thioether (sulfide) groups is 1. The van der Waals surface area contributed by atoms with Crippen LogP contribution in [-0.2, 0) is 12.3 Å². The Hall–Kier alpha value is -3.58. The minimum Gasteiger partial charge on any atom is -0.497 e. The Bertz CT molecular complexity index is 1250. The molecular formula is C26H26N4O2S. The van der Waals surface area contributed by atoms with E-state index in [1.807, 2.05) is 66.1 Å². The molecular weight excluding hydrogens is 432 g/mol. The average Bonchev–Trinajstić information content (AvgIpc) is 3.25. The second-order valence-electron chi connectivity index (χ2n) is 7.71. The second kappa shape index (κ2) is 10.4. The van der Waals surface area contributed by atoms with Crippen molar-refractivity contribution < 1.29 is 9.53 Å². The highest BCUT2D eigenvalue weighted by Gasteiger charge is 2.16. The summed E-state index contributed by atoms with van der Waals surface area (Å²) in [5.74, 6) is 2.09. The van der Waals surface area contributed by atoms with Gasteiger partial charge in [-0.3, -0.25) is 9.36 Å². The van der Waals surface area contributed by atoms with Gasteiger partial charge in [0.1, 0.15) is 5.75 Å². The van der Waals surface area contributed by atoms with Crippen LogP contribution in [0, 0.1) is 13.8 Å². The number of carbonyl (C=O) groups is 1. The average molecular weight is 459 g/mol. The number of aryl methyl sites for hydroxylation is 2. The monoisotopic (exact) mass is 458 g/mol. The van der Waals surface area contributed by atoms with Crippen molar-refractivity contribution in [3.05, 3.63) is 101 Å². The largest absolute Gasteiger partial charge is 0.497 e. The van der Waals surface area contributed by atoms with Crippen LogP contribution in [-0.4, -0.2) is 27.8 Å². The third-order valence-electron chi connectivity index (χ3n) is 5.29. The van der Waals surface area contributed by atoms with Crippen molar-refractivity contribution >= 4 is 17.7 Å². The van der Waals surface area contributed by atoms with E-state index in [0.29, 0.717) is 11.4 Å². The zero-order valence-corrected chi connectivity index (χ0v) is 19.7. The van der Waals surface area contributed by atoms with Crippen LogP contribution in [0.15, 0.2) is 78.0 Å². The van der Waals surface area contributed by atoms with E-state index >= 15 is 0 Å². The fourth-order valence-corrected chi connectivity index (χ4v) is 4.37. The molecule has 168 valence electrons. The van der Waals surface area contributed by atoms with Gasteiger partial charge in [0.15, 0.2) is 11.0 Å². The van der Waals surface area contributed by atoms with Crippen LogP contribution in [0.3, 0.4) is 0 Å². The molecule has 0 unspecified atom stereocenters. The smallest absolute Gasteiger partial charge is 0.251 e. The van der Waals surface area contributed by atoms with Gasteiger partial charge < -0.3 is 10.1 Å². The van der Waals surface area contributed by atoms with Crippen molar-refractivity contribution in [1.29, 1.82) is 0 Å². The molecule has 4 aromatic rings. The summed E-state index contributed by atoms with van der Waals surface area (Å²) >= 11 is 1.59. The van der Waals surface area contributed by atoms with Gasteiger partial charge in [0, 0.05) is 17.0 Å². The van der Waals surface area contributed by atoms with Crippen molar-refractivity contribution in [2.24, 2.45) is 0 Å². The fraction of sp³-hybridized carbons (Fsp3) is 0.192. The van der Waals surface area contributed by atoms with Crippen molar-refractivity contribution in [3.8, 4) is 11.4 Å². The summed E-state index contributed by atoms with van der Waals surface area (Å²) in [5.41, 5.74) is 4.86. The zero-order chi connectivity index (χ0) is 23.2. The fourth-order valence-electron chi connectivity index (χ4n) is 3.45. The molecule has 1 heterocycles. The molecule has 0 fully saturated rings. The van der Waals surface area contributed by atoms with Crippen LogP contribution >= 0.6 is 11.8 Å². The maximum atomic E-state index is 12.7. The summed E-state index contributed by atoms with van der Waals surface area (Å²) in [4.78, 5) is 12.7. The van der Waals surface area contributed by atoms with Crippen LogP contribution < -0.4 is 10.1 Å². The highest BCUT2D eigenvalue weighted by Crippen LogP contribution is 2.27. The van der Waals surface area contributed by atoms with E-state index in [1.165, 1.54) is 5.56 Å². The molecule has 0 aliphatic carbocycles. The number of ether oxygens (including phenoxy) is 1. The van der Waals surface area contributed by atoms with Crippen LogP contribution in [0.1, 0.15) is 32.9 Å². The number of nitrogens with one attached hydrogen (secondary N) is 1. The van der Waals surface area contributed by atoms with E-state index in [9.17, 15) is 4.79 Å². The number of rotatable bonds is 8. The van der Waals surface area contributed by atoms with E-state index < -0.39 is 0 Å². The summed E-state index contributed by atoms with van der Waals surface area (Å²) in [7, 11) is 1.66. The molecule has 0 aliphatic rings. The lowest BCUT2D eigenvalue weighted by Crippen LogP contribution is -2.25. The van der Waals surface area contributed by atoms with Crippen molar-refractivity contribution in [3.63, 3.8) is 0 Å². The number of amides is 1. The molecule has 0 saturated carbocycles. The lowest BCUT2D eigenvalue weighted by atomic mass is 10.1. The highest BCUT2D eigenvalue weighted by molar-refractivity contribution is 7.98. The molecule has 1 aromatic heterocycles. The number of hydrogen-bond donors (Lipinski definition) is 1. The molecule has 6 nitrogen and oxygen atoms in total. The molecule has 1 N–H and O–H groups in total. The Morgan fingerprint density at radius 3 is 2.55 bits per heavy atom. The maximum Gasteiger partial charge on any atom is 0.251 e. The summed E-state index contributed by atoms with van der Waals surface area (Å²) in [5, 5.41) is 12.6. The Morgan fingerprint density at radius 2 is 1.79 bits per heavy atom. The third-order valence-corrected chi connectivity index (χ3v) is 6.29. The van der Waals surface area contributed by atoms with E-state index in [-0.39, 0.29) is 12.5 Å². The van der Waals surface area contributed by atoms with Gasteiger partial charge in [-0.1, -0.05) is 59.8 Å². The van der Waals surface area contributed by atoms with Crippen LogP contribution in [0.4, 0.5) is 0 Å². The van der Waals surface area contributed by atoms with Gasteiger partial charge >= 0.3 is 0 Å². The normalized spacial score (nSPS) is 10.8. The first-order chi connectivity index (χ1) is 16.0. The standard InChI is InChI=1S/C26H26N4O2S/c1-18-11-13-21(14-12-18)30-24(16-27-25(31)23-10-5-4-7-19(23)2)28-29-26(30)33-17-20-8-6-9-22(15-20)32-3/h4-15H,16-17H2,1-3H3,(H,27,31). The van der Waals surface area contributed by atoms with Crippen molar-refractivity contribution in [1.82, 2.24) is 20.1 Å². The molecule has 3 aromatic carbocycles. The molecule has 7 heteroatoms. The van der Waals surface area contributed by atoms with Crippen molar-refractivity contribution in [2.75, 3.05) is 7.11 Å². The number of benzene rings is 3. The van der Waals surface area contributed by atoms with Gasteiger partial charge in [-0.25, -0.2) is 0 Å². The third kappa shape index (κ3) is 5.43. The molecule has 1 amide bonds. The lowest BCUT2D eigenvalue weighted by Gasteiger charge is -2.12. The Morgan fingerprint density at radius 1 is 1.00 bits per heavy atom. The van der Waals surface area contributed by atoms with Gasteiger partial charge in [0.2, 0.25) is 0 Å². The number of hydrogen-bond acceptors (Lipinski definition) is 5. The maximum absolute atomic E-state index is 12.7. The summed E-state index contributed by atoms with van der Waals surface area (Å²) in [6.07, 6.45) is 0. The topological polar surface area (TPSA) is 69.0 Å².